The lowest BCUT2D eigenvalue weighted by atomic mass is 9.71. The highest BCUT2D eigenvalue weighted by Gasteiger charge is 2.52. The third kappa shape index (κ3) is 3.61. The van der Waals surface area contributed by atoms with E-state index in [2.05, 4.69) is 49.7 Å². The molecule has 1 aliphatic carbocycles. The number of aryl methyl sites for hydroxylation is 2. The van der Waals surface area contributed by atoms with Gasteiger partial charge in [0.25, 0.3) is 11.8 Å². The number of benzene rings is 1. The zero-order valence-corrected chi connectivity index (χ0v) is 20.1. The Morgan fingerprint density at radius 2 is 1.86 bits per heavy atom. The van der Waals surface area contributed by atoms with E-state index in [4.69, 9.17) is 0 Å². The van der Waals surface area contributed by atoms with Gasteiger partial charge in [-0.1, -0.05) is 30.3 Å². The van der Waals surface area contributed by atoms with Gasteiger partial charge in [0, 0.05) is 42.2 Å². The zero-order chi connectivity index (χ0) is 24.2. The minimum atomic E-state index is -0.238. The molecule has 3 aliphatic rings. The molecule has 1 N–H and O–H groups in total. The van der Waals surface area contributed by atoms with E-state index in [-0.39, 0.29) is 29.3 Å². The van der Waals surface area contributed by atoms with Crippen LogP contribution in [-0.2, 0) is 18.4 Å². The summed E-state index contributed by atoms with van der Waals surface area (Å²) in [6, 6.07) is 10.5. The number of carbonyl (C=O) groups excluding carboxylic acids is 2. The maximum Gasteiger partial charge on any atom is 0.289 e. The highest BCUT2D eigenvalue weighted by molar-refractivity contribution is 5.94. The van der Waals surface area contributed by atoms with E-state index in [0.29, 0.717) is 31.0 Å². The SMILES string of the molecule is Cc1ncnc(C(=O)N2CC[C@]3(c4ccccc4)CCc4nnc(C(=O)NC5CC5)n4C[C@H]23)c1C. The maximum atomic E-state index is 13.9. The first-order valence-corrected chi connectivity index (χ1v) is 12.4. The molecule has 2 aliphatic heterocycles. The Bertz CT molecular complexity index is 1300. The average Bonchev–Trinajstić information content (AvgIpc) is 3.52. The molecule has 1 saturated heterocycles. The number of rotatable bonds is 4. The van der Waals surface area contributed by atoms with Crippen LogP contribution in [0.1, 0.15) is 69.4 Å². The van der Waals surface area contributed by atoms with Crippen LogP contribution in [0.3, 0.4) is 0 Å². The summed E-state index contributed by atoms with van der Waals surface area (Å²) < 4.78 is 1.94. The standard InChI is InChI=1S/C26H29N7O2/c1-16-17(2)27-15-28-22(16)25(35)32-13-12-26(18-6-4-3-5-7-18)11-10-21-30-31-23(33(21)14-20(26)32)24(34)29-19-8-9-19/h3-7,15,19-20H,8-14H2,1-2H3,(H,29,34)/t20-,26-/m0/s1. The Labute approximate surface area is 204 Å². The number of nitrogens with one attached hydrogen (secondary N) is 1. The average molecular weight is 472 g/mol. The van der Waals surface area contributed by atoms with Crippen LogP contribution in [0.25, 0.3) is 0 Å². The summed E-state index contributed by atoms with van der Waals surface area (Å²) in [6.45, 7) is 4.89. The van der Waals surface area contributed by atoms with Gasteiger partial charge in [0.15, 0.2) is 0 Å². The molecule has 1 aromatic carbocycles. The Hall–Kier alpha value is -3.62. The van der Waals surface area contributed by atoms with Gasteiger partial charge < -0.3 is 14.8 Å². The van der Waals surface area contributed by atoms with Crippen LogP contribution in [0, 0.1) is 13.8 Å². The number of aromatic nitrogens is 5. The van der Waals surface area contributed by atoms with E-state index in [1.54, 1.807) is 0 Å². The molecule has 35 heavy (non-hydrogen) atoms. The molecule has 1 saturated carbocycles. The van der Waals surface area contributed by atoms with Gasteiger partial charge in [-0.3, -0.25) is 9.59 Å². The van der Waals surface area contributed by atoms with Crippen LogP contribution in [0.15, 0.2) is 36.7 Å². The molecule has 0 unspecified atom stereocenters. The summed E-state index contributed by atoms with van der Waals surface area (Å²) in [5.41, 5.74) is 3.04. The second kappa shape index (κ2) is 8.25. The molecule has 9 nitrogen and oxygen atoms in total. The third-order valence-electron chi connectivity index (χ3n) is 8.05. The van der Waals surface area contributed by atoms with Gasteiger partial charge >= 0.3 is 0 Å². The number of amides is 2. The number of likely N-dealkylation sites (tertiary alicyclic amines) is 1. The predicted molar refractivity (Wildman–Crippen MR) is 128 cm³/mol. The highest BCUT2D eigenvalue weighted by Crippen LogP contribution is 2.46. The predicted octanol–water partition coefficient (Wildman–Crippen LogP) is 2.38. The Balaban J connectivity index is 1.42. The molecule has 2 aromatic heterocycles. The fraction of sp³-hybridized carbons (Fsp3) is 0.462. The molecule has 3 aromatic rings. The first-order valence-electron chi connectivity index (χ1n) is 12.4. The monoisotopic (exact) mass is 471 g/mol. The summed E-state index contributed by atoms with van der Waals surface area (Å²) in [4.78, 5) is 37.4. The van der Waals surface area contributed by atoms with Gasteiger partial charge in [0.1, 0.15) is 17.8 Å². The molecule has 0 spiro atoms. The van der Waals surface area contributed by atoms with Crippen molar-refractivity contribution in [2.24, 2.45) is 0 Å². The van der Waals surface area contributed by atoms with Crippen molar-refractivity contribution in [3.05, 3.63) is 70.8 Å². The van der Waals surface area contributed by atoms with Gasteiger partial charge in [-0.25, -0.2) is 9.97 Å². The van der Waals surface area contributed by atoms with Crippen molar-refractivity contribution < 1.29 is 9.59 Å². The Kier molecular flexibility index (Phi) is 5.16. The lowest BCUT2D eigenvalue weighted by molar-refractivity contribution is 0.0680. The minimum absolute atomic E-state index is 0.0867. The van der Waals surface area contributed by atoms with E-state index < -0.39 is 0 Å². The summed E-state index contributed by atoms with van der Waals surface area (Å²) in [5.74, 6) is 0.870. The number of carbonyl (C=O) groups is 2. The fourth-order valence-corrected chi connectivity index (χ4v) is 5.76. The second-order valence-electron chi connectivity index (χ2n) is 10.0. The number of fused-ring (bicyclic) bond motifs is 2. The van der Waals surface area contributed by atoms with Crippen LogP contribution in [-0.4, -0.2) is 60.1 Å². The van der Waals surface area contributed by atoms with Crippen LogP contribution < -0.4 is 5.32 Å². The van der Waals surface area contributed by atoms with Crippen LogP contribution in [0.2, 0.25) is 0 Å². The van der Waals surface area contributed by atoms with Crippen molar-refractivity contribution in [2.75, 3.05) is 6.54 Å². The van der Waals surface area contributed by atoms with Gasteiger partial charge in [-0.2, -0.15) is 0 Å². The van der Waals surface area contributed by atoms with Crippen molar-refractivity contribution in [3.8, 4) is 0 Å². The smallest absolute Gasteiger partial charge is 0.289 e. The van der Waals surface area contributed by atoms with Crippen LogP contribution in [0.5, 0.6) is 0 Å². The van der Waals surface area contributed by atoms with E-state index >= 15 is 0 Å². The summed E-state index contributed by atoms with van der Waals surface area (Å²) in [7, 11) is 0. The fourth-order valence-electron chi connectivity index (χ4n) is 5.76. The zero-order valence-electron chi connectivity index (χ0n) is 20.1. The van der Waals surface area contributed by atoms with Crippen molar-refractivity contribution >= 4 is 11.8 Å². The van der Waals surface area contributed by atoms with E-state index in [1.165, 1.54) is 11.9 Å². The molecule has 9 heteroatoms. The van der Waals surface area contributed by atoms with Crippen molar-refractivity contribution in [1.29, 1.82) is 0 Å². The third-order valence-corrected chi connectivity index (χ3v) is 8.05. The van der Waals surface area contributed by atoms with E-state index in [1.807, 2.05) is 29.4 Å². The van der Waals surface area contributed by atoms with Gasteiger partial charge in [-0.05, 0) is 45.1 Å². The highest BCUT2D eigenvalue weighted by atomic mass is 16.2. The second-order valence-corrected chi connectivity index (χ2v) is 10.0. The molecular formula is C26H29N7O2. The molecule has 2 amide bonds. The van der Waals surface area contributed by atoms with Crippen molar-refractivity contribution in [3.63, 3.8) is 0 Å². The van der Waals surface area contributed by atoms with E-state index in [0.717, 1.165) is 42.8 Å². The minimum Gasteiger partial charge on any atom is -0.347 e. The van der Waals surface area contributed by atoms with Crippen LogP contribution in [0.4, 0.5) is 0 Å². The maximum absolute atomic E-state index is 13.9. The first-order chi connectivity index (χ1) is 17.0. The number of hydrogen-bond acceptors (Lipinski definition) is 6. The molecular weight excluding hydrogens is 442 g/mol. The molecule has 2 atom stereocenters. The van der Waals surface area contributed by atoms with Gasteiger partial charge in [0.2, 0.25) is 5.82 Å². The Morgan fingerprint density at radius 1 is 1.06 bits per heavy atom. The normalized spacial score (nSPS) is 23.4. The van der Waals surface area contributed by atoms with E-state index in [9.17, 15) is 9.59 Å². The largest absolute Gasteiger partial charge is 0.347 e. The quantitative estimate of drug-likeness (QED) is 0.626. The lowest BCUT2D eigenvalue weighted by Crippen LogP contribution is -2.47. The Morgan fingerprint density at radius 3 is 2.63 bits per heavy atom. The van der Waals surface area contributed by atoms with Gasteiger partial charge in [0.05, 0.1) is 6.04 Å². The summed E-state index contributed by atoms with van der Waals surface area (Å²) in [5, 5.41) is 11.7. The number of nitrogens with zero attached hydrogens (tertiary/aromatic N) is 6. The lowest BCUT2D eigenvalue weighted by Gasteiger charge is -2.37. The molecule has 6 rings (SSSR count). The molecule has 0 bridgehead atoms. The summed E-state index contributed by atoms with van der Waals surface area (Å²) in [6.07, 6.45) is 5.84. The van der Waals surface area contributed by atoms with Crippen molar-refractivity contribution in [1.82, 2.24) is 34.9 Å². The molecule has 0 radical (unpaired) electrons. The molecule has 4 heterocycles. The van der Waals surface area contributed by atoms with Crippen LogP contribution >= 0.6 is 0 Å². The summed E-state index contributed by atoms with van der Waals surface area (Å²) >= 11 is 0. The number of hydrogen-bond donors (Lipinski definition) is 1. The van der Waals surface area contributed by atoms with Crippen molar-refractivity contribution in [2.45, 2.75) is 70.0 Å². The first kappa shape index (κ1) is 21.9. The van der Waals surface area contributed by atoms with Gasteiger partial charge in [-0.15, -0.1) is 10.2 Å². The molecule has 180 valence electrons. The topological polar surface area (TPSA) is 106 Å². The molecule has 2 fully saturated rings.